The average Bonchev–Trinajstić information content (AvgIpc) is 2.87. The molecule has 2 unspecified atom stereocenters. The number of piperidine rings is 1. The van der Waals surface area contributed by atoms with Gasteiger partial charge in [-0.15, -0.1) is 12.4 Å². The molecule has 1 saturated carbocycles. The summed E-state index contributed by atoms with van der Waals surface area (Å²) in [6.07, 6.45) is 4.04. The quantitative estimate of drug-likeness (QED) is 0.709. The van der Waals surface area contributed by atoms with Crippen molar-refractivity contribution in [2.45, 2.75) is 31.9 Å². The zero-order valence-electron chi connectivity index (χ0n) is 7.26. The summed E-state index contributed by atoms with van der Waals surface area (Å²) in [6, 6.07) is 0. The van der Waals surface area contributed by atoms with Crippen molar-refractivity contribution in [2.24, 2.45) is 11.8 Å². The van der Waals surface area contributed by atoms with Gasteiger partial charge in [0.25, 0.3) is 0 Å². The van der Waals surface area contributed by atoms with Crippen LogP contribution in [0.3, 0.4) is 0 Å². The van der Waals surface area contributed by atoms with Gasteiger partial charge in [0.15, 0.2) is 0 Å². The highest BCUT2D eigenvalue weighted by molar-refractivity contribution is 5.85. The second-order valence-electron chi connectivity index (χ2n) is 3.89. The molecule has 1 heterocycles. The Bertz CT molecular complexity index is 132. The highest BCUT2D eigenvalue weighted by atomic mass is 35.5. The Morgan fingerprint density at radius 1 is 1.17 bits per heavy atom. The first-order valence-electron chi connectivity index (χ1n) is 4.72. The van der Waals surface area contributed by atoms with E-state index in [1.54, 1.807) is 0 Å². The molecule has 0 radical (unpaired) electrons. The second-order valence-corrected chi connectivity index (χ2v) is 3.89. The van der Waals surface area contributed by atoms with Gasteiger partial charge in [0.2, 0.25) is 0 Å². The molecular formula is C9H17ClFN. The lowest BCUT2D eigenvalue weighted by molar-refractivity contribution is 0.169. The van der Waals surface area contributed by atoms with Gasteiger partial charge in [0, 0.05) is 12.5 Å². The molecule has 2 aliphatic rings. The number of hydrogen-bond donors (Lipinski definition) is 1. The van der Waals surface area contributed by atoms with E-state index >= 15 is 0 Å². The molecule has 1 aliphatic heterocycles. The van der Waals surface area contributed by atoms with Gasteiger partial charge in [-0.1, -0.05) is 0 Å². The van der Waals surface area contributed by atoms with Crippen LogP contribution in [0.2, 0.25) is 0 Å². The highest BCUT2D eigenvalue weighted by Gasteiger charge is 2.36. The molecular weight excluding hydrogens is 177 g/mol. The third kappa shape index (κ3) is 2.33. The summed E-state index contributed by atoms with van der Waals surface area (Å²) >= 11 is 0. The van der Waals surface area contributed by atoms with E-state index in [0.717, 1.165) is 38.8 Å². The molecule has 0 bridgehead atoms. The van der Waals surface area contributed by atoms with Crippen LogP contribution in [0.1, 0.15) is 25.7 Å². The first kappa shape index (κ1) is 10.3. The van der Waals surface area contributed by atoms with Crippen molar-refractivity contribution in [1.82, 2.24) is 5.32 Å². The van der Waals surface area contributed by atoms with Crippen LogP contribution in [0, 0.1) is 11.8 Å². The van der Waals surface area contributed by atoms with Crippen LogP contribution in [0.5, 0.6) is 0 Å². The van der Waals surface area contributed by atoms with E-state index < -0.39 is 6.17 Å². The van der Waals surface area contributed by atoms with Crippen molar-refractivity contribution in [1.29, 1.82) is 0 Å². The van der Waals surface area contributed by atoms with Crippen molar-refractivity contribution >= 4 is 12.4 Å². The number of rotatable bonds is 2. The molecule has 2 rings (SSSR count). The van der Waals surface area contributed by atoms with Gasteiger partial charge >= 0.3 is 0 Å². The predicted octanol–water partition coefficient (Wildman–Crippen LogP) is 2.16. The van der Waals surface area contributed by atoms with Crippen molar-refractivity contribution in [3.8, 4) is 0 Å². The summed E-state index contributed by atoms with van der Waals surface area (Å²) in [7, 11) is 0. The van der Waals surface area contributed by atoms with E-state index in [1.165, 1.54) is 0 Å². The monoisotopic (exact) mass is 193 g/mol. The van der Waals surface area contributed by atoms with Crippen LogP contribution >= 0.6 is 12.4 Å². The van der Waals surface area contributed by atoms with Crippen molar-refractivity contribution < 1.29 is 4.39 Å². The van der Waals surface area contributed by atoms with Gasteiger partial charge in [-0.3, -0.25) is 0 Å². The van der Waals surface area contributed by atoms with Crippen LogP contribution in [-0.2, 0) is 0 Å². The van der Waals surface area contributed by atoms with Gasteiger partial charge in [0.05, 0.1) is 0 Å². The summed E-state index contributed by atoms with van der Waals surface area (Å²) in [4.78, 5) is 0. The minimum atomic E-state index is -0.497. The van der Waals surface area contributed by atoms with Gasteiger partial charge < -0.3 is 5.32 Å². The largest absolute Gasteiger partial charge is 0.316 e. The third-order valence-corrected chi connectivity index (χ3v) is 2.86. The molecule has 1 saturated heterocycles. The van der Waals surface area contributed by atoms with Crippen molar-refractivity contribution in [2.75, 3.05) is 13.1 Å². The fourth-order valence-corrected chi connectivity index (χ4v) is 1.95. The zero-order chi connectivity index (χ0) is 7.68. The first-order chi connectivity index (χ1) is 5.38. The molecule has 12 heavy (non-hydrogen) atoms. The molecule has 0 aromatic heterocycles. The summed E-state index contributed by atoms with van der Waals surface area (Å²) < 4.78 is 13.4. The minimum Gasteiger partial charge on any atom is -0.316 e. The maximum absolute atomic E-state index is 13.4. The summed E-state index contributed by atoms with van der Waals surface area (Å²) in [5, 5.41) is 3.26. The number of hydrogen-bond acceptors (Lipinski definition) is 1. The molecule has 2 fully saturated rings. The molecule has 1 N–H and O–H groups in total. The van der Waals surface area contributed by atoms with Crippen LogP contribution in [0.4, 0.5) is 4.39 Å². The minimum absolute atomic E-state index is 0. The molecule has 0 spiro atoms. The standard InChI is InChI=1S/C9H16FN.ClH/c10-9(7-3-4-7)8-2-1-5-11-6-8;/h7-9,11H,1-6H2;1H. The Morgan fingerprint density at radius 2 is 1.92 bits per heavy atom. The van der Waals surface area contributed by atoms with Crippen molar-refractivity contribution in [3.05, 3.63) is 0 Å². The fourth-order valence-electron chi connectivity index (χ4n) is 1.95. The summed E-state index contributed by atoms with van der Waals surface area (Å²) in [5.41, 5.74) is 0. The Kier molecular flexibility index (Phi) is 3.78. The number of nitrogens with one attached hydrogen (secondary N) is 1. The highest BCUT2D eigenvalue weighted by Crippen LogP contribution is 2.39. The van der Waals surface area contributed by atoms with Crippen molar-refractivity contribution in [3.63, 3.8) is 0 Å². The van der Waals surface area contributed by atoms with Gasteiger partial charge in [0.1, 0.15) is 6.17 Å². The van der Waals surface area contributed by atoms with E-state index in [-0.39, 0.29) is 12.4 Å². The lowest BCUT2D eigenvalue weighted by atomic mass is 9.92. The van der Waals surface area contributed by atoms with E-state index in [4.69, 9.17) is 0 Å². The van der Waals surface area contributed by atoms with Gasteiger partial charge in [-0.2, -0.15) is 0 Å². The Hall–Kier alpha value is 0.180. The molecule has 72 valence electrons. The molecule has 1 nitrogen and oxygen atoms in total. The molecule has 0 amide bonds. The Balaban J connectivity index is 0.000000720. The lowest BCUT2D eigenvalue weighted by Gasteiger charge is -2.25. The Morgan fingerprint density at radius 3 is 2.42 bits per heavy atom. The van der Waals surface area contributed by atoms with Crippen LogP contribution in [-0.4, -0.2) is 19.3 Å². The molecule has 3 heteroatoms. The second kappa shape index (κ2) is 4.43. The maximum Gasteiger partial charge on any atom is 0.107 e. The lowest BCUT2D eigenvalue weighted by Crippen LogP contribution is -2.35. The Labute approximate surface area is 79.5 Å². The van der Waals surface area contributed by atoms with Crippen LogP contribution in [0.25, 0.3) is 0 Å². The first-order valence-corrected chi connectivity index (χ1v) is 4.72. The fraction of sp³-hybridized carbons (Fsp3) is 1.00. The third-order valence-electron chi connectivity index (χ3n) is 2.86. The molecule has 0 aromatic carbocycles. The number of alkyl halides is 1. The summed E-state index contributed by atoms with van der Waals surface area (Å²) in [5.74, 6) is 0.760. The number of halogens is 2. The predicted molar refractivity (Wildman–Crippen MR) is 50.5 cm³/mol. The SMILES string of the molecule is Cl.FC(C1CC1)C1CCCNC1. The van der Waals surface area contributed by atoms with Crippen LogP contribution < -0.4 is 5.32 Å². The average molecular weight is 194 g/mol. The van der Waals surface area contributed by atoms with E-state index in [9.17, 15) is 4.39 Å². The van der Waals surface area contributed by atoms with Gasteiger partial charge in [-0.05, 0) is 38.1 Å². The van der Waals surface area contributed by atoms with Gasteiger partial charge in [-0.25, -0.2) is 4.39 Å². The topological polar surface area (TPSA) is 12.0 Å². The normalized spacial score (nSPS) is 32.2. The van der Waals surface area contributed by atoms with Crippen LogP contribution in [0.15, 0.2) is 0 Å². The van der Waals surface area contributed by atoms with E-state index in [0.29, 0.717) is 11.8 Å². The zero-order valence-corrected chi connectivity index (χ0v) is 8.08. The van der Waals surface area contributed by atoms with E-state index in [1.807, 2.05) is 0 Å². The molecule has 1 aliphatic carbocycles. The smallest absolute Gasteiger partial charge is 0.107 e. The van der Waals surface area contributed by atoms with E-state index in [2.05, 4.69) is 5.32 Å². The maximum atomic E-state index is 13.4. The molecule has 0 aromatic rings. The molecule has 2 atom stereocenters. The summed E-state index contributed by atoms with van der Waals surface area (Å²) in [6.45, 7) is 2.01.